The maximum Gasteiger partial charge on any atom is 0.255 e. The van der Waals surface area contributed by atoms with Crippen molar-refractivity contribution >= 4 is 29.2 Å². The zero-order valence-corrected chi connectivity index (χ0v) is 14.8. The Morgan fingerprint density at radius 1 is 1.23 bits per heavy atom. The van der Waals surface area contributed by atoms with Crippen LogP contribution in [0.15, 0.2) is 47.6 Å². The van der Waals surface area contributed by atoms with E-state index >= 15 is 0 Å². The number of aryl methyl sites for hydroxylation is 1. The molecule has 4 rings (SSSR count). The first-order chi connectivity index (χ1) is 12.7. The molecule has 0 saturated heterocycles. The lowest BCUT2D eigenvalue weighted by Crippen LogP contribution is -2.02. The number of aromatic amines is 1. The van der Waals surface area contributed by atoms with Crippen molar-refractivity contribution in [3.05, 3.63) is 48.2 Å². The van der Waals surface area contributed by atoms with E-state index in [4.69, 9.17) is 6.42 Å². The summed E-state index contributed by atoms with van der Waals surface area (Å²) in [5.74, 6) is 5.02. The summed E-state index contributed by atoms with van der Waals surface area (Å²) in [7, 11) is 0. The summed E-state index contributed by atoms with van der Waals surface area (Å²) < 4.78 is 1.66. The molecule has 0 amide bonds. The van der Waals surface area contributed by atoms with Gasteiger partial charge >= 0.3 is 0 Å². The van der Waals surface area contributed by atoms with Crippen molar-refractivity contribution in [1.82, 2.24) is 29.8 Å². The SMILES string of the molecule is C#CCSc1nc2nc(C)cc(Nc3cc(-c4ccccc4)[nH]n3)n2n1. The predicted molar refractivity (Wildman–Crippen MR) is 102 cm³/mol. The number of anilines is 2. The van der Waals surface area contributed by atoms with Gasteiger partial charge in [0, 0.05) is 17.8 Å². The molecule has 128 valence electrons. The minimum atomic E-state index is 0.512. The molecule has 1 aromatic carbocycles. The van der Waals surface area contributed by atoms with Gasteiger partial charge in [-0.15, -0.1) is 11.5 Å². The third kappa shape index (κ3) is 3.25. The van der Waals surface area contributed by atoms with Gasteiger partial charge in [-0.05, 0) is 12.5 Å². The molecular formula is C18H15N7S. The van der Waals surface area contributed by atoms with Crippen molar-refractivity contribution in [2.24, 2.45) is 0 Å². The van der Waals surface area contributed by atoms with Gasteiger partial charge in [0.15, 0.2) is 5.82 Å². The van der Waals surface area contributed by atoms with E-state index < -0.39 is 0 Å². The van der Waals surface area contributed by atoms with Gasteiger partial charge in [-0.25, -0.2) is 4.98 Å². The Labute approximate surface area is 154 Å². The second-order valence-corrected chi connectivity index (χ2v) is 6.48. The Morgan fingerprint density at radius 3 is 2.88 bits per heavy atom. The standard InChI is InChI=1S/C18H15N7S/c1-3-9-26-18-21-17-19-12(2)10-16(25(17)24-18)20-15-11-14(22-23-15)13-7-5-4-6-8-13/h1,4-8,10-11H,9H2,2H3,(H2,20,22,23). The third-order valence-corrected chi connectivity index (χ3v) is 4.37. The van der Waals surface area contributed by atoms with Gasteiger partial charge in [0.2, 0.25) is 5.16 Å². The number of H-pyrrole nitrogens is 1. The first kappa shape index (κ1) is 16.2. The van der Waals surface area contributed by atoms with E-state index in [0.717, 1.165) is 22.8 Å². The number of fused-ring (bicyclic) bond motifs is 1. The number of aromatic nitrogens is 6. The lowest BCUT2D eigenvalue weighted by atomic mass is 10.2. The molecule has 0 atom stereocenters. The molecule has 3 heterocycles. The van der Waals surface area contributed by atoms with E-state index in [1.165, 1.54) is 11.8 Å². The average Bonchev–Trinajstić information content (AvgIpc) is 3.27. The number of benzene rings is 1. The average molecular weight is 361 g/mol. The summed E-state index contributed by atoms with van der Waals surface area (Å²) in [5.41, 5.74) is 2.83. The molecule has 4 aromatic rings. The minimum Gasteiger partial charge on any atom is -0.323 e. The highest BCUT2D eigenvalue weighted by Crippen LogP contribution is 2.23. The fourth-order valence-corrected chi connectivity index (χ4v) is 3.01. The van der Waals surface area contributed by atoms with Crippen molar-refractivity contribution in [3.8, 4) is 23.6 Å². The van der Waals surface area contributed by atoms with Crippen LogP contribution in [-0.4, -0.2) is 35.5 Å². The molecule has 0 radical (unpaired) electrons. The van der Waals surface area contributed by atoms with Crippen LogP contribution in [0.1, 0.15) is 5.69 Å². The number of hydrogen-bond donors (Lipinski definition) is 2. The predicted octanol–water partition coefficient (Wildman–Crippen LogP) is 3.29. The molecule has 3 aromatic heterocycles. The van der Waals surface area contributed by atoms with Crippen LogP contribution in [0.4, 0.5) is 11.6 Å². The van der Waals surface area contributed by atoms with E-state index in [1.807, 2.05) is 49.4 Å². The van der Waals surface area contributed by atoms with Crippen LogP contribution in [-0.2, 0) is 0 Å². The molecule has 0 bridgehead atoms. The topological polar surface area (TPSA) is 83.8 Å². The highest BCUT2D eigenvalue weighted by Gasteiger charge is 2.12. The zero-order chi connectivity index (χ0) is 17.9. The summed E-state index contributed by atoms with van der Waals surface area (Å²) in [6.45, 7) is 1.91. The molecule has 8 heteroatoms. The van der Waals surface area contributed by atoms with E-state index in [1.54, 1.807) is 4.52 Å². The molecule has 7 nitrogen and oxygen atoms in total. The quantitative estimate of drug-likeness (QED) is 0.419. The number of nitrogens with zero attached hydrogens (tertiary/aromatic N) is 5. The molecule has 0 saturated carbocycles. The first-order valence-electron chi connectivity index (χ1n) is 7.91. The van der Waals surface area contributed by atoms with Gasteiger partial charge in [-0.2, -0.15) is 14.6 Å². The molecule has 0 spiro atoms. The lowest BCUT2D eigenvalue weighted by molar-refractivity contribution is 0.882. The number of thioether (sulfide) groups is 1. The maximum atomic E-state index is 5.30. The summed E-state index contributed by atoms with van der Waals surface area (Å²) in [4.78, 5) is 8.82. The van der Waals surface area contributed by atoms with Crippen LogP contribution < -0.4 is 5.32 Å². The van der Waals surface area contributed by atoms with E-state index in [2.05, 4.69) is 36.5 Å². The smallest absolute Gasteiger partial charge is 0.255 e. The fourth-order valence-electron chi connectivity index (χ4n) is 2.51. The van der Waals surface area contributed by atoms with Gasteiger partial charge in [0.25, 0.3) is 5.78 Å². The van der Waals surface area contributed by atoms with E-state index in [-0.39, 0.29) is 0 Å². The van der Waals surface area contributed by atoms with Crippen LogP contribution in [0, 0.1) is 19.3 Å². The summed E-state index contributed by atoms with van der Waals surface area (Å²) in [5, 5.41) is 15.7. The van der Waals surface area contributed by atoms with Gasteiger partial charge < -0.3 is 5.32 Å². The van der Waals surface area contributed by atoms with Crippen LogP contribution in [0.3, 0.4) is 0 Å². The van der Waals surface area contributed by atoms with Gasteiger partial charge in [-0.3, -0.25) is 5.10 Å². The maximum absolute atomic E-state index is 5.30. The van der Waals surface area contributed by atoms with E-state index in [0.29, 0.717) is 22.5 Å². The molecule has 26 heavy (non-hydrogen) atoms. The van der Waals surface area contributed by atoms with Gasteiger partial charge in [-0.1, -0.05) is 48.0 Å². The van der Waals surface area contributed by atoms with Gasteiger partial charge in [0.05, 0.1) is 11.4 Å². The summed E-state index contributed by atoms with van der Waals surface area (Å²) in [6.07, 6.45) is 5.30. The lowest BCUT2D eigenvalue weighted by Gasteiger charge is -2.05. The van der Waals surface area contributed by atoms with Crippen molar-refractivity contribution in [2.45, 2.75) is 12.1 Å². The Kier molecular flexibility index (Phi) is 4.29. The molecule has 2 N–H and O–H groups in total. The van der Waals surface area contributed by atoms with Crippen molar-refractivity contribution in [2.75, 3.05) is 11.1 Å². The Hall–Kier alpha value is -3.31. The summed E-state index contributed by atoms with van der Waals surface area (Å²) >= 11 is 1.40. The zero-order valence-electron chi connectivity index (χ0n) is 14.0. The Morgan fingerprint density at radius 2 is 2.08 bits per heavy atom. The normalized spacial score (nSPS) is 10.8. The monoisotopic (exact) mass is 361 g/mol. The fraction of sp³-hybridized carbons (Fsp3) is 0.111. The van der Waals surface area contributed by atoms with Crippen molar-refractivity contribution < 1.29 is 0 Å². The minimum absolute atomic E-state index is 0.512. The molecule has 0 fully saturated rings. The van der Waals surface area contributed by atoms with Crippen LogP contribution >= 0.6 is 11.8 Å². The van der Waals surface area contributed by atoms with Gasteiger partial charge in [0.1, 0.15) is 5.82 Å². The van der Waals surface area contributed by atoms with Crippen LogP contribution in [0.5, 0.6) is 0 Å². The molecule has 0 aliphatic heterocycles. The molecule has 0 aliphatic carbocycles. The Balaban J connectivity index is 1.66. The Bertz CT molecular complexity index is 1090. The number of terminal acetylenes is 1. The second-order valence-electron chi connectivity index (χ2n) is 5.54. The third-order valence-electron chi connectivity index (χ3n) is 3.62. The molecule has 0 unspecified atom stereocenters. The number of hydrogen-bond acceptors (Lipinski definition) is 6. The molecular weight excluding hydrogens is 346 g/mol. The number of nitrogens with one attached hydrogen (secondary N) is 2. The highest BCUT2D eigenvalue weighted by atomic mass is 32.2. The second kappa shape index (κ2) is 6.90. The summed E-state index contributed by atoms with van der Waals surface area (Å²) in [6, 6.07) is 13.9. The largest absolute Gasteiger partial charge is 0.323 e. The molecule has 0 aliphatic rings. The first-order valence-corrected chi connectivity index (χ1v) is 8.90. The number of rotatable bonds is 5. The van der Waals surface area contributed by atoms with Crippen LogP contribution in [0.2, 0.25) is 0 Å². The van der Waals surface area contributed by atoms with Crippen LogP contribution in [0.25, 0.3) is 17.0 Å². The van der Waals surface area contributed by atoms with Crippen molar-refractivity contribution in [3.63, 3.8) is 0 Å². The van der Waals surface area contributed by atoms with E-state index in [9.17, 15) is 0 Å². The van der Waals surface area contributed by atoms with Crippen molar-refractivity contribution in [1.29, 1.82) is 0 Å². The highest BCUT2D eigenvalue weighted by molar-refractivity contribution is 7.99.